The molecule has 2 fully saturated rings. The van der Waals surface area contributed by atoms with Gasteiger partial charge < -0.3 is 35.0 Å². The number of carbonyl (C=O) groups excluding carboxylic acids is 2. The molecular formula is C35H39N7O4. The van der Waals surface area contributed by atoms with Crippen molar-refractivity contribution >= 4 is 33.8 Å². The fourth-order valence-electron chi connectivity index (χ4n) is 6.73. The van der Waals surface area contributed by atoms with Gasteiger partial charge in [-0.25, -0.2) is 14.8 Å². The number of ether oxygens (including phenoxy) is 2. The van der Waals surface area contributed by atoms with Gasteiger partial charge in [0.05, 0.1) is 48.2 Å². The van der Waals surface area contributed by atoms with Gasteiger partial charge in [0, 0.05) is 19.2 Å². The number of aromatic nitrogens is 4. The normalized spacial score (nSPS) is 19.5. The third kappa shape index (κ3) is 5.72. The summed E-state index contributed by atoms with van der Waals surface area (Å²) in [5.41, 5.74) is 6.07. The standard InChI is InChI=1S/C35H39N7O4/c1-20(45-2)31(41-35(44)46-3)34(43)42-15-5-7-30(42)33-38-26-13-12-24(18-28(26)39-33)22-8-9-23-17-25(11-10-21(23)16-22)29-19-37-32(40-29)27-6-4-14-36-27/h8-13,16-20,27,30-31,36H,4-7,14-15H2,1-3H3,(H,37,40)(H,38,39)(H,41,44)/t20-,27+,30+,31+/m1/s1. The van der Waals surface area contributed by atoms with Gasteiger partial charge in [0.1, 0.15) is 17.7 Å². The Labute approximate surface area is 267 Å². The monoisotopic (exact) mass is 621 g/mol. The Morgan fingerprint density at radius 3 is 2.46 bits per heavy atom. The molecule has 0 aliphatic carbocycles. The van der Waals surface area contributed by atoms with Gasteiger partial charge in [0.15, 0.2) is 0 Å². The Morgan fingerprint density at radius 2 is 1.70 bits per heavy atom. The highest BCUT2D eigenvalue weighted by Gasteiger charge is 2.38. The van der Waals surface area contributed by atoms with Crippen LogP contribution in [0.4, 0.5) is 4.79 Å². The molecule has 5 aromatic rings. The SMILES string of the molecule is COC(=O)N[C@H](C(=O)N1CCC[C@H]1c1nc2ccc(-c3ccc4cc(-c5cnc([C@@H]6CCCN6)[nH]5)ccc4c3)cc2[nH]1)[C@@H](C)OC. The molecule has 11 nitrogen and oxygen atoms in total. The third-order valence-electron chi connectivity index (χ3n) is 9.39. The van der Waals surface area contributed by atoms with Crippen LogP contribution in [0.1, 0.15) is 56.3 Å². The number of benzene rings is 3. The van der Waals surface area contributed by atoms with E-state index in [0.717, 1.165) is 81.6 Å². The molecule has 0 bridgehead atoms. The number of imidazole rings is 2. The molecule has 4 N–H and O–H groups in total. The first-order valence-electron chi connectivity index (χ1n) is 15.9. The Balaban J connectivity index is 1.11. The number of methoxy groups -OCH3 is 2. The Bertz CT molecular complexity index is 1890. The van der Waals surface area contributed by atoms with E-state index in [9.17, 15) is 9.59 Å². The molecule has 7 rings (SSSR count). The van der Waals surface area contributed by atoms with Crippen LogP contribution >= 0.6 is 0 Å². The molecule has 0 radical (unpaired) electrons. The minimum Gasteiger partial charge on any atom is -0.453 e. The number of nitrogens with zero attached hydrogens (tertiary/aromatic N) is 3. The van der Waals surface area contributed by atoms with Crippen LogP contribution in [0.2, 0.25) is 0 Å². The van der Waals surface area contributed by atoms with E-state index in [4.69, 9.17) is 14.5 Å². The van der Waals surface area contributed by atoms with Crippen molar-refractivity contribution in [3.8, 4) is 22.4 Å². The topological polar surface area (TPSA) is 137 Å². The zero-order valence-corrected chi connectivity index (χ0v) is 26.3. The largest absolute Gasteiger partial charge is 0.453 e. The molecule has 3 aromatic carbocycles. The lowest BCUT2D eigenvalue weighted by molar-refractivity contribution is -0.137. The average Bonchev–Trinajstić information content (AvgIpc) is 3.91. The van der Waals surface area contributed by atoms with Gasteiger partial charge in [-0.15, -0.1) is 0 Å². The Morgan fingerprint density at radius 1 is 0.935 bits per heavy atom. The van der Waals surface area contributed by atoms with E-state index in [2.05, 4.69) is 74.1 Å². The first kappa shape index (κ1) is 29.9. The maximum absolute atomic E-state index is 13.6. The molecule has 0 unspecified atom stereocenters. The quantitative estimate of drug-likeness (QED) is 0.177. The minimum absolute atomic E-state index is 0.221. The third-order valence-corrected chi connectivity index (χ3v) is 9.39. The number of carbonyl (C=O) groups is 2. The molecule has 11 heteroatoms. The maximum Gasteiger partial charge on any atom is 0.407 e. The molecule has 2 aliphatic rings. The van der Waals surface area contributed by atoms with Gasteiger partial charge in [-0.1, -0.05) is 30.3 Å². The smallest absolute Gasteiger partial charge is 0.407 e. The number of alkyl carbamates (subject to hydrolysis) is 1. The van der Waals surface area contributed by atoms with Crippen LogP contribution in [0.25, 0.3) is 44.2 Å². The van der Waals surface area contributed by atoms with E-state index in [1.807, 2.05) is 12.3 Å². The first-order valence-corrected chi connectivity index (χ1v) is 15.9. The molecule has 0 spiro atoms. The highest BCUT2D eigenvalue weighted by atomic mass is 16.5. The van der Waals surface area contributed by atoms with Crippen LogP contribution in [0.5, 0.6) is 0 Å². The van der Waals surface area contributed by atoms with E-state index >= 15 is 0 Å². The van der Waals surface area contributed by atoms with Gasteiger partial charge in [-0.2, -0.15) is 0 Å². The van der Waals surface area contributed by atoms with E-state index in [1.165, 1.54) is 20.6 Å². The van der Waals surface area contributed by atoms with Crippen LogP contribution in [0.3, 0.4) is 0 Å². The summed E-state index contributed by atoms with van der Waals surface area (Å²) >= 11 is 0. The summed E-state index contributed by atoms with van der Waals surface area (Å²) in [6, 6.07) is 18.4. The number of aromatic amines is 2. The fourth-order valence-corrected chi connectivity index (χ4v) is 6.73. The van der Waals surface area contributed by atoms with Crippen molar-refractivity contribution in [3.63, 3.8) is 0 Å². The summed E-state index contributed by atoms with van der Waals surface area (Å²) in [4.78, 5) is 43.9. The molecule has 2 saturated heterocycles. The fraction of sp³-hybridized carbons (Fsp3) is 0.371. The van der Waals surface area contributed by atoms with Gasteiger partial charge >= 0.3 is 6.09 Å². The summed E-state index contributed by atoms with van der Waals surface area (Å²) in [5, 5.41) is 8.46. The maximum atomic E-state index is 13.6. The molecule has 2 aromatic heterocycles. The summed E-state index contributed by atoms with van der Waals surface area (Å²) in [6.45, 7) is 3.36. The lowest BCUT2D eigenvalue weighted by Gasteiger charge is -2.30. The molecule has 4 atom stereocenters. The van der Waals surface area contributed by atoms with E-state index < -0.39 is 18.2 Å². The van der Waals surface area contributed by atoms with Crippen LogP contribution in [-0.2, 0) is 14.3 Å². The highest BCUT2D eigenvalue weighted by Crippen LogP contribution is 2.34. The number of rotatable bonds is 8. The number of hydrogen-bond donors (Lipinski definition) is 4. The molecule has 2 amide bonds. The van der Waals surface area contributed by atoms with Gasteiger partial charge in [0.2, 0.25) is 5.91 Å². The van der Waals surface area contributed by atoms with Crippen molar-refractivity contribution < 1.29 is 19.1 Å². The number of likely N-dealkylation sites (tertiary alicyclic amines) is 1. The van der Waals surface area contributed by atoms with E-state index in [1.54, 1.807) is 11.8 Å². The number of amides is 2. The van der Waals surface area contributed by atoms with Crippen molar-refractivity contribution in [2.24, 2.45) is 0 Å². The van der Waals surface area contributed by atoms with Crippen molar-refractivity contribution in [3.05, 3.63) is 72.4 Å². The number of H-pyrrole nitrogens is 2. The van der Waals surface area contributed by atoms with Crippen LogP contribution in [0, 0.1) is 0 Å². The summed E-state index contributed by atoms with van der Waals surface area (Å²) in [6.07, 6.45) is 4.63. The van der Waals surface area contributed by atoms with E-state index in [-0.39, 0.29) is 11.9 Å². The summed E-state index contributed by atoms with van der Waals surface area (Å²) in [7, 11) is 2.79. The summed E-state index contributed by atoms with van der Waals surface area (Å²) < 4.78 is 10.2. The molecular weight excluding hydrogens is 582 g/mol. The van der Waals surface area contributed by atoms with Crippen LogP contribution < -0.4 is 10.6 Å². The van der Waals surface area contributed by atoms with Crippen molar-refractivity contribution in [1.82, 2.24) is 35.5 Å². The van der Waals surface area contributed by atoms with Gasteiger partial charge in [0.25, 0.3) is 0 Å². The lowest BCUT2D eigenvalue weighted by Crippen LogP contribution is -2.54. The zero-order valence-electron chi connectivity index (χ0n) is 26.3. The second-order valence-electron chi connectivity index (χ2n) is 12.2. The Hall–Kier alpha value is -4.74. The van der Waals surface area contributed by atoms with Gasteiger partial charge in [-0.05, 0) is 85.3 Å². The Kier molecular flexibility index (Phi) is 8.18. The first-order chi connectivity index (χ1) is 22.4. The van der Waals surface area contributed by atoms with Crippen LogP contribution in [0.15, 0.2) is 60.8 Å². The predicted octanol–water partition coefficient (Wildman–Crippen LogP) is 5.62. The van der Waals surface area contributed by atoms with Crippen LogP contribution in [-0.4, -0.2) is 76.3 Å². The highest BCUT2D eigenvalue weighted by molar-refractivity contribution is 5.92. The van der Waals surface area contributed by atoms with Crippen molar-refractivity contribution in [2.45, 2.75) is 56.8 Å². The number of hydrogen-bond acceptors (Lipinski definition) is 7. The lowest BCUT2D eigenvalue weighted by atomic mass is 9.99. The van der Waals surface area contributed by atoms with Crippen molar-refractivity contribution in [2.75, 3.05) is 27.3 Å². The zero-order chi connectivity index (χ0) is 31.8. The summed E-state index contributed by atoms with van der Waals surface area (Å²) in [5.74, 6) is 1.52. The molecule has 0 saturated carbocycles. The van der Waals surface area contributed by atoms with E-state index in [0.29, 0.717) is 12.6 Å². The van der Waals surface area contributed by atoms with Gasteiger partial charge in [-0.3, -0.25) is 4.79 Å². The van der Waals surface area contributed by atoms with Crippen molar-refractivity contribution in [1.29, 1.82) is 0 Å². The second kappa shape index (κ2) is 12.6. The molecule has 4 heterocycles. The molecule has 2 aliphatic heterocycles. The predicted molar refractivity (Wildman–Crippen MR) is 176 cm³/mol. The average molecular weight is 622 g/mol. The molecule has 238 valence electrons. The second-order valence-corrected chi connectivity index (χ2v) is 12.2. The number of fused-ring (bicyclic) bond motifs is 2. The molecule has 46 heavy (non-hydrogen) atoms. The number of nitrogens with one attached hydrogen (secondary N) is 4. The minimum atomic E-state index is -0.871.